The summed E-state index contributed by atoms with van der Waals surface area (Å²) in [5.74, 6) is -1.58. The Hall–Kier alpha value is -2.31. The number of hydrogen-bond donors (Lipinski definition) is 1. The van der Waals surface area contributed by atoms with Crippen molar-refractivity contribution in [1.29, 1.82) is 0 Å². The molecular formula is C12H9F3N2O2. The quantitative estimate of drug-likeness (QED) is 0.515. The van der Waals surface area contributed by atoms with Gasteiger partial charge in [-0.25, -0.2) is 4.98 Å². The molecule has 4 nitrogen and oxygen atoms in total. The molecule has 2 rings (SSSR count). The van der Waals surface area contributed by atoms with Gasteiger partial charge in [-0.05, 0) is 6.92 Å². The third-order valence-electron chi connectivity index (χ3n) is 2.40. The van der Waals surface area contributed by atoms with Crippen molar-refractivity contribution in [3.8, 4) is 11.3 Å². The maximum atomic E-state index is 12.6. The van der Waals surface area contributed by atoms with Crippen LogP contribution in [-0.4, -0.2) is 15.9 Å². The number of nitrogens with zero attached hydrogens (tertiary/aromatic N) is 2. The average molecular weight is 270 g/mol. The summed E-state index contributed by atoms with van der Waals surface area (Å²) in [5, 5.41) is 11.5. The molecule has 0 radical (unpaired) electrons. The molecule has 1 aromatic heterocycles. The summed E-state index contributed by atoms with van der Waals surface area (Å²) in [6, 6.07) is 8.22. The van der Waals surface area contributed by atoms with Crippen molar-refractivity contribution in [3.05, 3.63) is 42.0 Å². The SMILES string of the molecule is CC(=NO)c1oc(C(F)(F)F)nc1-c1ccccc1. The fourth-order valence-electron chi connectivity index (χ4n) is 1.52. The minimum absolute atomic E-state index is 0.0109. The van der Waals surface area contributed by atoms with Gasteiger partial charge in [-0.1, -0.05) is 35.5 Å². The van der Waals surface area contributed by atoms with Gasteiger partial charge in [0.15, 0.2) is 5.76 Å². The molecule has 1 heterocycles. The third kappa shape index (κ3) is 2.59. The molecule has 1 aromatic carbocycles. The molecule has 0 saturated carbocycles. The van der Waals surface area contributed by atoms with Gasteiger partial charge in [0.1, 0.15) is 11.4 Å². The second-order valence-electron chi connectivity index (χ2n) is 3.75. The number of oxime groups is 1. The molecule has 0 aliphatic carbocycles. The van der Waals surface area contributed by atoms with E-state index in [2.05, 4.69) is 14.6 Å². The number of rotatable bonds is 2. The number of halogens is 3. The summed E-state index contributed by atoms with van der Waals surface area (Å²) in [5.41, 5.74) is 0.352. The summed E-state index contributed by atoms with van der Waals surface area (Å²) in [6.45, 7) is 1.33. The molecule has 7 heteroatoms. The van der Waals surface area contributed by atoms with Crippen LogP contribution in [0.2, 0.25) is 0 Å². The number of oxazole rings is 1. The number of hydrogen-bond acceptors (Lipinski definition) is 4. The molecule has 0 saturated heterocycles. The first-order valence-electron chi connectivity index (χ1n) is 5.26. The summed E-state index contributed by atoms with van der Waals surface area (Å²) in [4.78, 5) is 3.44. The lowest BCUT2D eigenvalue weighted by atomic mass is 10.1. The fourth-order valence-corrected chi connectivity index (χ4v) is 1.52. The van der Waals surface area contributed by atoms with Crippen LogP contribution >= 0.6 is 0 Å². The summed E-state index contributed by atoms with van der Waals surface area (Å²) in [6.07, 6.45) is -4.70. The Morgan fingerprint density at radius 3 is 2.42 bits per heavy atom. The van der Waals surface area contributed by atoms with Gasteiger partial charge in [0.2, 0.25) is 0 Å². The highest BCUT2D eigenvalue weighted by molar-refractivity contribution is 6.00. The van der Waals surface area contributed by atoms with Gasteiger partial charge in [-0.2, -0.15) is 13.2 Å². The van der Waals surface area contributed by atoms with E-state index in [-0.39, 0.29) is 17.2 Å². The largest absolute Gasteiger partial charge is 0.468 e. The van der Waals surface area contributed by atoms with Crippen LogP contribution in [0.3, 0.4) is 0 Å². The molecule has 0 unspecified atom stereocenters. The van der Waals surface area contributed by atoms with E-state index in [0.717, 1.165) is 0 Å². The van der Waals surface area contributed by atoms with Gasteiger partial charge in [0, 0.05) is 5.56 Å². The van der Waals surface area contributed by atoms with Crippen molar-refractivity contribution in [2.75, 3.05) is 0 Å². The molecular weight excluding hydrogens is 261 g/mol. The van der Waals surface area contributed by atoms with Crippen molar-refractivity contribution in [2.24, 2.45) is 5.16 Å². The Balaban J connectivity index is 2.62. The van der Waals surface area contributed by atoms with E-state index in [1.807, 2.05) is 0 Å². The first-order chi connectivity index (χ1) is 8.93. The Morgan fingerprint density at radius 2 is 1.89 bits per heavy atom. The van der Waals surface area contributed by atoms with E-state index >= 15 is 0 Å². The lowest BCUT2D eigenvalue weighted by Gasteiger charge is -1.98. The molecule has 100 valence electrons. The van der Waals surface area contributed by atoms with Crippen LogP contribution in [0, 0.1) is 0 Å². The van der Waals surface area contributed by atoms with E-state index in [0.29, 0.717) is 5.56 Å². The number of alkyl halides is 3. The van der Waals surface area contributed by atoms with Crippen LogP contribution in [0.5, 0.6) is 0 Å². The molecule has 0 fully saturated rings. The van der Waals surface area contributed by atoms with Crippen LogP contribution in [0.1, 0.15) is 18.6 Å². The maximum absolute atomic E-state index is 12.6. The predicted molar refractivity (Wildman–Crippen MR) is 60.9 cm³/mol. The first-order valence-corrected chi connectivity index (χ1v) is 5.26. The number of benzene rings is 1. The van der Waals surface area contributed by atoms with E-state index in [9.17, 15) is 13.2 Å². The second kappa shape index (κ2) is 4.75. The molecule has 1 N–H and O–H groups in total. The molecule has 0 amide bonds. The van der Waals surface area contributed by atoms with Crippen LogP contribution in [0.4, 0.5) is 13.2 Å². The maximum Gasteiger partial charge on any atom is 0.468 e. The van der Waals surface area contributed by atoms with Crippen molar-refractivity contribution in [1.82, 2.24) is 4.98 Å². The highest BCUT2D eigenvalue weighted by Crippen LogP contribution is 2.33. The third-order valence-corrected chi connectivity index (χ3v) is 2.40. The molecule has 0 atom stereocenters. The molecule has 2 aromatic rings. The Kier molecular flexibility index (Phi) is 3.28. The Labute approximate surface area is 106 Å². The van der Waals surface area contributed by atoms with Crippen LogP contribution in [-0.2, 0) is 6.18 Å². The van der Waals surface area contributed by atoms with Gasteiger partial charge in [-0.3, -0.25) is 0 Å². The molecule has 0 bridgehead atoms. The van der Waals surface area contributed by atoms with Crippen molar-refractivity contribution < 1.29 is 22.8 Å². The minimum Gasteiger partial charge on any atom is -0.431 e. The molecule has 0 aliphatic heterocycles. The normalized spacial score (nSPS) is 12.7. The van der Waals surface area contributed by atoms with Crippen molar-refractivity contribution >= 4 is 5.71 Å². The van der Waals surface area contributed by atoms with E-state index < -0.39 is 12.1 Å². The molecule has 19 heavy (non-hydrogen) atoms. The summed E-state index contributed by atoms with van der Waals surface area (Å²) < 4.78 is 42.5. The van der Waals surface area contributed by atoms with Gasteiger partial charge in [0.05, 0.1) is 0 Å². The minimum atomic E-state index is -4.70. The Bertz CT molecular complexity index is 603. The Morgan fingerprint density at radius 1 is 1.26 bits per heavy atom. The van der Waals surface area contributed by atoms with Crippen LogP contribution < -0.4 is 0 Å². The van der Waals surface area contributed by atoms with E-state index in [1.54, 1.807) is 30.3 Å². The van der Waals surface area contributed by atoms with Gasteiger partial charge in [0.25, 0.3) is 0 Å². The smallest absolute Gasteiger partial charge is 0.431 e. The van der Waals surface area contributed by atoms with E-state index in [1.165, 1.54) is 6.92 Å². The topological polar surface area (TPSA) is 58.6 Å². The average Bonchev–Trinajstić information content (AvgIpc) is 2.83. The van der Waals surface area contributed by atoms with Crippen LogP contribution in [0.15, 0.2) is 39.9 Å². The zero-order valence-electron chi connectivity index (χ0n) is 9.77. The predicted octanol–water partition coefficient (Wildman–Crippen LogP) is 3.56. The lowest BCUT2D eigenvalue weighted by molar-refractivity contribution is -0.157. The van der Waals surface area contributed by atoms with Gasteiger partial charge in [-0.15, -0.1) is 0 Å². The highest BCUT2D eigenvalue weighted by atomic mass is 19.4. The van der Waals surface area contributed by atoms with E-state index in [4.69, 9.17) is 5.21 Å². The number of aromatic nitrogens is 1. The molecule has 0 aliphatic rings. The summed E-state index contributed by atoms with van der Waals surface area (Å²) in [7, 11) is 0. The monoisotopic (exact) mass is 270 g/mol. The lowest BCUT2D eigenvalue weighted by Crippen LogP contribution is -2.04. The van der Waals surface area contributed by atoms with Gasteiger partial charge >= 0.3 is 12.1 Å². The standard InChI is InChI=1S/C12H9F3N2O2/c1-7(17-18)10-9(8-5-3-2-4-6-8)16-11(19-10)12(13,14)15/h2-6,18H,1H3. The highest BCUT2D eigenvalue weighted by Gasteiger charge is 2.39. The fraction of sp³-hybridized carbons (Fsp3) is 0.167. The van der Waals surface area contributed by atoms with Crippen molar-refractivity contribution in [2.45, 2.75) is 13.1 Å². The zero-order valence-corrected chi connectivity index (χ0v) is 9.77. The second-order valence-corrected chi connectivity index (χ2v) is 3.75. The first kappa shape index (κ1) is 13.1. The van der Waals surface area contributed by atoms with Crippen molar-refractivity contribution in [3.63, 3.8) is 0 Å². The zero-order chi connectivity index (χ0) is 14.0. The van der Waals surface area contributed by atoms with Crippen LogP contribution in [0.25, 0.3) is 11.3 Å². The summed E-state index contributed by atoms with van der Waals surface area (Å²) >= 11 is 0. The molecule has 0 spiro atoms. The van der Waals surface area contributed by atoms with Gasteiger partial charge < -0.3 is 9.62 Å².